The van der Waals surface area contributed by atoms with E-state index in [1.165, 1.54) is 0 Å². The molecule has 0 radical (unpaired) electrons. The number of para-hydroxylation sites is 1. The Hall–Kier alpha value is -7.98. The van der Waals surface area contributed by atoms with Crippen LogP contribution in [0.2, 0.25) is 0 Å². The summed E-state index contributed by atoms with van der Waals surface area (Å²) >= 11 is 0. The summed E-state index contributed by atoms with van der Waals surface area (Å²) in [6, 6.07) is 61.9. The molecule has 0 bridgehead atoms. The number of rotatable bonds is 18. The Balaban J connectivity index is 1.06. The van der Waals surface area contributed by atoms with Crippen LogP contribution in [-0.2, 0) is 44.7 Å². The van der Waals surface area contributed by atoms with Gasteiger partial charge in [-0.25, -0.2) is 14.6 Å². The lowest BCUT2D eigenvalue weighted by Gasteiger charge is -2.18. The van der Waals surface area contributed by atoms with Gasteiger partial charge < -0.3 is 14.2 Å². The number of pyridine rings is 1. The monoisotopic (exact) mass is 946 g/mol. The molecule has 348 valence electrons. The van der Waals surface area contributed by atoms with E-state index in [0.717, 1.165) is 27.8 Å². The Morgan fingerprint density at radius 2 is 1.04 bits per heavy atom. The molecule has 0 aliphatic rings. The van der Waals surface area contributed by atoms with Crippen LogP contribution in [0, 0.1) is 13.8 Å². The molecule has 0 spiro atoms. The van der Waals surface area contributed by atoms with E-state index in [2.05, 4.69) is 0 Å². The van der Waals surface area contributed by atoms with Crippen molar-refractivity contribution in [3.05, 3.63) is 256 Å². The van der Waals surface area contributed by atoms with Crippen LogP contribution in [-0.4, -0.2) is 21.8 Å². The van der Waals surface area contributed by atoms with Crippen LogP contribution in [0.15, 0.2) is 200 Å². The number of benzene rings is 8. The molecule has 0 unspecified atom stereocenters. The highest BCUT2D eigenvalue weighted by molar-refractivity contribution is 7.55. The SMILES string of the molecule is Cc1cc(C(=O)OCc2ccccc2)cc(C)c1OC(=O)c1c2ccccc2nc2cc(C(=Cc3ccc(OCc4ccccc4)cc3)O[P+](O)(OCc3ccccc3)OCc3ccccc3)ccc12. The van der Waals surface area contributed by atoms with Crippen LogP contribution in [0.3, 0.4) is 0 Å². The van der Waals surface area contributed by atoms with Crippen molar-refractivity contribution in [2.75, 3.05) is 0 Å². The summed E-state index contributed by atoms with van der Waals surface area (Å²) in [5, 5.41) is 1.11. The third-order valence-electron chi connectivity index (χ3n) is 11.4. The largest absolute Gasteiger partial charge is 0.619 e. The first-order chi connectivity index (χ1) is 34.2. The normalized spacial score (nSPS) is 11.6. The summed E-state index contributed by atoms with van der Waals surface area (Å²) in [4.78, 5) is 45.0. The second kappa shape index (κ2) is 22.0. The second-order valence-corrected chi connectivity index (χ2v) is 18.2. The fourth-order valence-corrected chi connectivity index (χ4v) is 9.05. The molecule has 70 heavy (non-hydrogen) atoms. The Kier molecular flexibility index (Phi) is 14.8. The predicted octanol–water partition coefficient (Wildman–Crippen LogP) is 13.8. The van der Waals surface area contributed by atoms with E-state index in [-0.39, 0.29) is 25.6 Å². The number of nitrogens with zero attached hydrogens (tertiary/aromatic N) is 1. The van der Waals surface area contributed by atoms with Crippen LogP contribution in [0.1, 0.15) is 65.2 Å². The molecule has 0 saturated carbocycles. The van der Waals surface area contributed by atoms with Crippen molar-refractivity contribution in [2.24, 2.45) is 0 Å². The summed E-state index contributed by atoms with van der Waals surface area (Å²) in [5.74, 6) is 0.147. The minimum absolute atomic E-state index is 0.0113. The second-order valence-electron chi connectivity index (χ2n) is 16.6. The van der Waals surface area contributed by atoms with Crippen molar-refractivity contribution in [1.29, 1.82) is 0 Å². The van der Waals surface area contributed by atoms with Crippen molar-refractivity contribution in [1.82, 2.24) is 4.98 Å². The van der Waals surface area contributed by atoms with E-state index in [1.807, 2.05) is 170 Å². The molecular weight excluding hydrogens is 898 g/mol. The average molecular weight is 947 g/mol. The third kappa shape index (κ3) is 11.8. The van der Waals surface area contributed by atoms with Gasteiger partial charge in [0.05, 0.1) is 22.2 Å². The van der Waals surface area contributed by atoms with Crippen LogP contribution in [0.25, 0.3) is 33.6 Å². The lowest BCUT2D eigenvalue weighted by Crippen LogP contribution is -2.13. The molecule has 0 aliphatic carbocycles. The first kappa shape index (κ1) is 47.1. The van der Waals surface area contributed by atoms with Crippen molar-refractivity contribution in [2.45, 2.75) is 40.3 Å². The van der Waals surface area contributed by atoms with Crippen LogP contribution >= 0.6 is 8.17 Å². The minimum Gasteiger partial charge on any atom is -0.489 e. The summed E-state index contributed by atoms with van der Waals surface area (Å²) in [7, 11) is -4.13. The number of carbonyl (C=O) groups is 2. The molecule has 1 aromatic heterocycles. The molecule has 9 aromatic rings. The van der Waals surface area contributed by atoms with Crippen molar-refractivity contribution in [3.8, 4) is 11.5 Å². The maximum Gasteiger partial charge on any atom is 0.619 e. The molecule has 0 saturated heterocycles. The number of hydrogen-bond acceptors (Lipinski definition) is 10. The van der Waals surface area contributed by atoms with Crippen LogP contribution in [0.5, 0.6) is 11.5 Å². The fourth-order valence-electron chi connectivity index (χ4n) is 7.84. The van der Waals surface area contributed by atoms with Gasteiger partial charge in [-0.2, -0.15) is 4.89 Å². The van der Waals surface area contributed by atoms with E-state index < -0.39 is 20.1 Å². The number of esters is 2. The number of aryl methyl sites for hydroxylation is 2. The number of hydrogen-bond donors (Lipinski definition) is 1. The number of ether oxygens (including phenoxy) is 3. The van der Waals surface area contributed by atoms with Gasteiger partial charge >= 0.3 is 20.1 Å². The number of aromatic nitrogens is 1. The van der Waals surface area contributed by atoms with Gasteiger partial charge in [0.2, 0.25) is 0 Å². The quantitative estimate of drug-likeness (QED) is 0.0222. The van der Waals surface area contributed by atoms with Crippen LogP contribution < -0.4 is 9.47 Å². The smallest absolute Gasteiger partial charge is 0.489 e. The molecule has 1 heterocycles. The highest BCUT2D eigenvalue weighted by Crippen LogP contribution is 2.62. The lowest BCUT2D eigenvalue weighted by atomic mass is 10.00. The first-order valence-corrected chi connectivity index (χ1v) is 24.2. The molecule has 0 atom stereocenters. The van der Waals surface area contributed by atoms with E-state index in [9.17, 15) is 14.5 Å². The lowest BCUT2D eigenvalue weighted by molar-refractivity contribution is 0.0472. The Labute approximate surface area is 407 Å². The van der Waals surface area contributed by atoms with Crippen molar-refractivity contribution < 1.29 is 42.3 Å². The molecule has 10 nitrogen and oxygen atoms in total. The van der Waals surface area contributed by atoms with Crippen LogP contribution in [0.4, 0.5) is 0 Å². The zero-order valence-corrected chi connectivity index (χ0v) is 39.5. The zero-order valence-electron chi connectivity index (χ0n) is 38.6. The molecule has 1 N–H and O–H groups in total. The summed E-state index contributed by atoms with van der Waals surface area (Å²) in [6.07, 6.45) is 1.79. The molecule has 0 fully saturated rings. The maximum atomic E-state index is 14.6. The van der Waals surface area contributed by atoms with Gasteiger partial charge in [-0.1, -0.05) is 164 Å². The highest BCUT2D eigenvalue weighted by atomic mass is 31.2. The number of fused-ring (bicyclic) bond motifs is 2. The fraction of sp³-hybridized carbons (Fsp3) is 0.102. The number of carbonyl (C=O) groups excluding carboxylic acids is 2. The van der Waals surface area contributed by atoms with E-state index in [1.54, 1.807) is 50.3 Å². The van der Waals surface area contributed by atoms with Gasteiger partial charge in [-0.15, -0.1) is 9.05 Å². The van der Waals surface area contributed by atoms with Gasteiger partial charge in [-0.3, -0.25) is 4.52 Å². The summed E-state index contributed by atoms with van der Waals surface area (Å²) in [5.41, 5.74) is 7.65. The molecule has 11 heteroatoms. The Morgan fingerprint density at radius 3 is 1.63 bits per heavy atom. The molecule has 9 rings (SSSR count). The Bertz CT molecular complexity index is 3210. The van der Waals surface area contributed by atoms with Gasteiger partial charge in [0.15, 0.2) is 5.76 Å². The topological polar surface area (TPSA) is 123 Å². The minimum atomic E-state index is -4.13. The average Bonchev–Trinajstić information content (AvgIpc) is 3.40. The molecule has 8 aromatic carbocycles. The highest BCUT2D eigenvalue weighted by Gasteiger charge is 2.48. The molecule has 0 aliphatic heterocycles. The zero-order chi connectivity index (χ0) is 48.3. The molecular formula is C59H49NO9P+. The summed E-state index contributed by atoms with van der Waals surface area (Å²) in [6.45, 7) is 4.13. The molecule has 0 amide bonds. The predicted molar refractivity (Wildman–Crippen MR) is 273 cm³/mol. The first-order valence-electron chi connectivity index (χ1n) is 22.7. The van der Waals surface area contributed by atoms with Gasteiger partial charge in [0.25, 0.3) is 0 Å². The van der Waals surface area contributed by atoms with Gasteiger partial charge in [0.1, 0.15) is 37.9 Å². The van der Waals surface area contributed by atoms with Crippen molar-refractivity contribution in [3.63, 3.8) is 0 Å². The standard InChI is InChI=1S/C59H49NO9P/c1-41-33-49(58(61)65-38-45-19-9-4-10-20-45)34-42(2)57(41)68-59(62)56-51-25-15-16-26-53(51)60-54-36-48(29-32-52(54)56)55(35-43-27-30-50(31-28-43)64-37-44-17-7-3-8-18-44)69-70(63,66-39-46-21-11-5-12-22-46)67-40-47-23-13-6-14-24-47/h3-36,63H,37-40H2,1-2H3/q+1. The van der Waals surface area contributed by atoms with Crippen molar-refractivity contribution >= 4 is 53.7 Å². The Morgan fingerprint density at radius 1 is 0.529 bits per heavy atom. The van der Waals surface area contributed by atoms with Gasteiger partial charge in [-0.05, 0) is 95.3 Å². The maximum absolute atomic E-state index is 14.6. The summed E-state index contributed by atoms with van der Waals surface area (Å²) < 4.78 is 36.9. The van der Waals surface area contributed by atoms with E-state index in [0.29, 0.717) is 67.7 Å². The third-order valence-corrected chi connectivity index (χ3v) is 12.7. The van der Waals surface area contributed by atoms with E-state index >= 15 is 0 Å². The van der Waals surface area contributed by atoms with E-state index in [4.69, 9.17) is 32.8 Å². The van der Waals surface area contributed by atoms with Gasteiger partial charge in [0, 0.05) is 16.3 Å².